The molecule has 0 aliphatic rings. The zero-order valence-electron chi connectivity index (χ0n) is 11.9. The Morgan fingerprint density at radius 1 is 1.14 bits per heavy atom. The van der Waals surface area contributed by atoms with Gasteiger partial charge in [-0.25, -0.2) is 0 Å². The van der Waals surface area contributed by atoms with E-state index in [1.807, 2.05) is 31.2 Å². The molecule has 0 saturated heterocycles. The Morgan fingerprint density at radius 3 is 2.64 bits per heavy atom. The number of Topliss-reactive ketones (excluding diaryl/α,β-unsaturated/α-hetero) is 1. The smallest absolute Gasteiger partial charge is 0.289 e. The van der Waals surface area contributed by atoms with Crippen LogP contribution in [-0.2, 0) is 4.79 Å². The highest BCUT2D eigenvalue weighted by Gasteiger charge is 2.17. The van der Waals surface area contributed by atoms with Crippen LogP contribution >= 0.6 is 0 Å². The second-order valence-electron chi connectivity index (χ2n) is 4.97. The van der Waals surface area contributed by atoms with Crippen LogP contribution in [-0.4, -0.2) is 16.7 Å². The Bertz CT molecular complexity index is 880. The molecule has 2 aromatic carbocycles. The maximum absolute atomic E-state index is 11.8. The largest absolute Gasteiger partial charge is 0.457 e. The van der Waals surface area contributed by atoms with Crippen LogP contribution in [0.2, 0.25) is 0 Å². The van der Waals surface area contributed by atoms with Crippen molar-refractivity contribution in [3.8, 4) is 11.5 Å². The number of aromatic amines is 1. The van der Waals surface area contributed by atoms with E-state index in [1.165, 1.54) is 6.20 Å². The van der Waals surface area contributed by atoms with E-state index >= 15 is 0 Å². The fourth-order valence-electron chi connectivity index (χ4n) is 2.28. The first-order chi connectivity index (χ1) is 10.6. The summed E-state index contributed by atoms with van der Waals surface area (Å²) in [6.07, 6.45) is 1.48. The number of hydrogen-bond acceptors (Lipinski definition) is 3. The molecule has 0 atom stereocenters. The number of benzene rings is 2. The number of rotatable bonds is 4. The highest BCUT2D eigenvalue weighted by molar-refractivity contribution is 6.44. The first-order valence-electron chi connectivity index (χ1n) is 6.75. The molecular weight excluding hydrogens is 280 g/mol. The molecule has 3 N–H and O–H groups in total. The quantitative estimate of drug-likeness (QED) is 0.573. The van der Waals surface area contributed by atoms with Crippen molar-refractivity contribution in [3.05, 3.63) is 59.8 Å². The standard InChI is InChI=1S/C17H14N2O3/c1-10-4-2-3-5-15(10)22-11-6-7-14-12(8-11)13(9-19-14)16(20)17(18)21/h2-9,19H,1H3,(H2,18,21). The van der Waals surface area contributed by atoms with Gasteiger partial charge in [0.05, 0.1) is 5.56 Å². The zero-order chi connectivity index (χ0) is 15.7. The zero-order valence-corrected chi connectivity index (χ0v) is 11.9. The minimum Gasteiger partial charge on any atom is -0.457 e. The summed E-state index contributed by atoms with van der Waals surface area (Å²) in [6.45, 7) is 1.95. The van der Waals surface area contributed by atoms with Crippen LogP contribution in [0.25, 0.3) is 10.9 Å². The lowest BCUT2D eigenvalue weighted by molar-refractivity contribution is -0.114. The van der Waals surface area contributed by atoms with Gasteiger partial charge in [-0.05, 0) is 36.8 Å². The van der Waals surface area contributed by atoms with Gasteiger partial charge in [-0.1, -0.05) is 18.2 Å². The molecule has 0 fully saturated rings. The molecule has 0 unspecified atom stereocenters. The van der Waals surface area contributed by atoms with Crippen LogP contribution in [0.5, 0.6) is 11.5 Å². The van der Waals surface area contributed by atoms with Crippen LogP contribution in [0.15, 0.2) is 48.7 Å². The van der Waals surface area contributed by atoms with Crippen molar-refractivity contribution in [1.82, 2.24) is 4.98 Å². The molecule has 1 amide bonds. The van der Waals surface area contributed by atoms with E-state index in [0.29, 0.717) is 11.1 Å². The number of carbonyl (C=O) groups excluding carboxylic acids is 2. The first kappa shape index (κ1) is 13.9. The van der Waals surface area contributed by atoms with Gasteiger partial charge in [0.25, 0.3) is 11.7 Å². The van der Waals surface area contributed by atoms with Crippen molar-refractivity contribution in [2.24, 2.45) is 5.73 Å². The van der Waals surface area contributed by atoms with Crippen LogP contribution in [0, 0.1) is 6.92 Å². The number of carbonyl (C=O) groups is 2. The molecule has 1 aromatic heterocycles. The average Bonchev–Trinajstić information content (AvgIpc) is 2.92. The van der Waals surface area contributed by atoms with Crippen molar-refractivity contribution in [1.29, 1.82) is 0 Å². The Kier molecular flexibility index (Phi) is 3.39. The number of aromatic nitrogens is 1. The summed E-state index contributed by atoms with van der Waals surface area (Å²) in [5.74, 6) is -0.384. The summed E-state index contributed by atoms with van der Waals surface area (Å²) >= 11 is 0. The maximum Gasteiger partial charge on any atom is 0.289 e. The van der Waals surface area contributed by atoms with Gasteiger partial charge >= 0.3 is 0 Å². The molecule has 3 rings (SSSR count). The Hall–Kier alpha value is -3.08. The topological polar surface area (TPSA) is 85.2 Å². The van der Waals surface area contributed by atoms with E-state index in [0.717, 1.165) is 16.8 Å². The van der Waals surface area contributed by atoms with E-state index in [4.69, 9.17) is 10.5 Å². The van der Waals surface area contributed by atoms with E-state index < -0.39 is 11.7 Å². The highest BCUT2D eigenvalue weighted by Crippen LogP contribution is 2.29. The van der Waals surface area contributed by atoms with Crippen LogP contribution < -0.4 is 10.5 Å². The summed E-state index contributed by atoms with van der Waals surface area (Å²) in [5.41, 5.74) is 7.06. The number of para-hydroxylation sites is 1. The third kappa shape index (κ3) is 2.44. The second-order valence-corrected chi connectivity index (χ2v) is 4.97. The van der Waals surface area contributed by atoms with Crippen LogP contribution in [0.4, 0.5) is 0 Å². The fraction of sp³-hybridized carbons (Fsp3) is 0.0588. The van der Waals surface area contributed by atoms with Crippen LogP contribution in [0.1, 0.15) is 15.9 Å². The summed E-state index contributed by atoms with van der Waals surface area (Å²) in [4.78, 5) is 25.8. The molecule has 5 nitrogen and oxygen atoms in total. The van der Waals surface area contributed by atoms with E-state index in [1.54, 1.807) is 18.2 Å². The number of ether oxygens (including phenoxy) is 1. The number of H-pyrrole nitrogens is 1. The lowest BCUT2D eigenvalue weighted by Crippen LogP contribution is -2.22. The number of ketones is 1. The monoisotopic (exact) mass is 294 g/mol. The summed E-state index contributed by atoms with van der Waals surface area (Å²) < 4.78 is 5.84. The predicted molar refractivity (Wildman–Crippen MR) is 83.1 cm³/mol. The Morgan fingerprint density at radius 2 is 1.91 bits per heavy atom. The number of aryl methyl sites for hydroxylation is 1. The van der Waals surface area contributed by atoms with Gasteiger partial charge < -0.3 is 15.5 Å². The molecule has 0 spiro atoms. The summed E-state index contributed by atoms with van der Waals surface area (Å²) in [6, 6.07) is 12.9. The summed E-state index contributed by atoms with van der Waals surface area (Å²) in [7, 11) is 0. The van der Waals surface area contributed by atoms with E-state index in [9.17, 15) is 9.59 Å². The molecule has 22 heavy (non-hydrogen) atoms. The Balaban J connectivity index is 2.02. The fourth-order valence-corrected chi connectivity index (χ4v) is 2.28. The van der Waals surface area contributed by atoms with Gasteiger partial charge in [0.2, 0.25) is 0 Å². The van der Waals surface area contributed by atoms with Crippen molar-refractivity contribution >= 4 is 22.6 Å². The van der Waals surface area contributed by atoms with Crippen molar-refractivity contribution in [3.63, 3.8) is 0 Å². The molecular formula is C17H14N2O3. The lowest BCUT2D eigenvalue weighted by atomic mass is 10.1. The van der Waals surface area contributed by atoms with Crippen molar-refractivity contribution in [2.45, 2.75) is 6.92 Å². The summed E-state index contributed by atoms with van der Waals surface area (Å²) in [5, 5.41) is 0.606. The lowest BCUT2D eigenvalue weighted by Gasteiger charge is -2.08. The minimum absolute atomic E-state index is 0.248. The molecule has 3 aromatic rings. The van der Waals surface area contributed by atoms with E-state index in [2.05, 4.69) is 4.98 Å². The van der Waals surface area contributed by atoms with Crippen molar-refractivity contribution < 1.29 is 14.3 Å². The second kappa shape index (κ2) is 5.37. The number of primary amides is 1. The predicted octanol–water partition coefficient (Wildman–Crippen LogP) is 2.94. The number of nitrogens with one attached hydrogen (secondary N) is 1. The molecule has 0 radical (unpaired) electrons. The van der Waals surface area contributed by atoms with Crippen LogP contribution in [0.3, 0.4) is 0 Å². The molecule has 110 valence electrons. The van der Waals surface area contributed by atoms with Gasteiger partial charge in [0.1, 0.15) is 11.5 Å². The third-order valence-electron chi connectivity index (χ3n) is 3.44. The minimum atomic E-state index is -0.980. The number of hydrogen-bond donors (Lipinski definition) is 2. The Labute approximate surface area is 126 Å². The van der Waals surface area contributed by atoms with Gasteiger partial charge in [0.15, 0.2) is 0 Å². The van der Waals surface area contributed by atoms with Crippen molar-refractivity contribution in [2.75, 3.05) is 0 Å². The SMILES string of the molecule is Cc1ccccc1Oc1ccc2[nH]cc(C(=O)C(N)=O)c2c1. The van der Waals surface area contributed by atoms with E-state index in [-0.39, 0.29) is 5.56 Å². The first-order valence-corrected chi connectivity index (χ1v) is 6.75. The third-order valence-corrected chi connectivity index (χ3v) is 3.44. The molecule has 1 heterocycles. The molecule has 0 aliphatic heterocycles. The number of fused-ring (bicyclic) bond motifs is 1. The number of nitrogens with two attached hydrogens (primary N) is 1. The average molecular weight is 294 g/mol. The van der Waals surface area contributed by atoms with Gasteiger partial charge in [-0.15, -0.1) is 0 Å². The molecule has 5 heteroatoms. The maximum atomic E-state index is 11.8. The normalized spacial score (nSPS) is 10.6. The molecule has 0 aliphatic carbocycles. The van der Waals surface area contributed by atoms with Gasteiger partial charge in [-0.2, -0.15) is 0 Å². The molecule has 0 saturated carbocycles. The highest BCUT2D eigenvalue weighted by atomic mass is 16.5. The number of amides is 1. The molecule has 0 bridgehead atoms. The van der Waals surface area contributed by atoms with Gasteiger partial charge in [-0.3, -0.25) is 9.59 Å². The van der Waals surface area contributed by atoms with Gasteiger partial charge in [0, 0.05) is 17.1 Å².